The third-order valence-electron chi connectivity index (χ3n) is 2.57. The topological polar surface area (TPSA) is 63.2 Å². The highest BCUT2D eigenvalue weighted by atomic mass is 79.9. The van der Waals surface area contributed by atoms with Crippen LogP contribution in [-0.4, -0.2) is 30.7 Å². The lowest BCUT2D eigenvalue weighted by Gasteiger charge is -2.12. The van der Waals surface area contributed by atoms with Gasteiger partial charge in [-0.05, 0) is 31.5 Å². The van der Waals surface area contributed by atoms with Gasteiger partial charge in [0.1, 0.15) is 0 Å². The summed E-state index contributed by atoms with van der Waals surface area (Å²) < 4.78 is 38.6. The first-order valence-corrected chi connectivity index (χ1v) is 9.22. The van der Waals surface area contributed by atoms with Crippen molar-refractivity contribution in [1.29, 1.82) is 0 Å². The number of aryl methyl sites for hydroxylation is 1. The van der Waals surface area contributed by atoms with Gasteiger partial charge in [0, 0.05) is 33.3 Å². The van der Waals surface area contributed by atoms with Crippen molar-refractivity contribution >= 4 is 36.8 Å². The molecule has 0 aliphatic heterocycles. The number of rotatable bonds is 5. The van der Waals surface area contributed by atoms with Crippen molar-refractivity contribution in [2.75, 3.05) is 12.8 Å². The summed E-state index contributed by atoms with van der Waals surface area (Å²) >= 11 is 3.25. The van der Waals surface area contributed by atoms with Crippen LogP contribution in [0, 0.1) is 6.92 Å². The van der Waals surface area contributed by atoms with Gasteiger partial charge in [-0.2, -0.15) is 0 Å². The second-order valence-corrected chi connectivity index (χ2v) is 8.52. The zero-order valence-corrected chi connectivity index (χ0v) is 13.7. The van der Waals surface area contributed by atoms with Gasteiger partial charge in [-0.1, -0.05) is 22.0 Å². The lowest BCUT2D eigenvalue weighted by Crippen LogP contribution is -2.33. The van der Waals surface area contributed by atoms with E-state index in [2.05, 4.69) is 20.7 Å². The standard InChI is InChI=1S/C11H16BrNO3S2/c1-8-4-5-10(12)6-11(8)18(15,16)13-7-9(2)17(3)14/h4-6,9,13H,7H2,1-3H3. The average molecular weight is 354 g/mol. The van der Waals surface area contributed by atoms with E-state index in [4.69, 9.17) is 0 Å². The molecule has 1 N–H and O–H groups in total. The molecule has 4 nitrogen and oxygen atoms in total. The summed E-state index contributed by atoms with van der Waals surface area (Å²) in [6.45, 7) is 3.65. The van der Waals surface area contributed by atoms with Crippen molar-refractivity contribution in [3.8, 4) is 0 Å². The Morgan fingerprint density at radius 2 is 2.06 bits per heavy atom. The van der Waals surface area contributed by atoms with Crippen molar-refractivity contribution in [1.82, 2.24) is 4.72 Å². The van der Waals surface area contributed by atoms with Crippen LogP contribution in [0.25, 0.3) is 0 Å². The molecular formula is C11H16BrNO3S2. The molecule has 1 aromatic rings. The molecule has 1 rings (SSSR count). The summed E-state index contributed by atoms with van der Waals surface area (Å²) in [6, 6.07) is 5.09. The molecule has 0 saturated carbocycles. The maximum Gasteiger partial charge on any atom is 0.240 e. The van der Waals surface area contributed by atoms with Crippen molar-refractivity contribution in [3.05, 3.63) is 28.2 Å². The molecular weight excluding hydrogens is 338 g/mol. The zero-order valence-electron chi connectivity index (χ0n) is 10.4. The van der Waals surface area contributed by atoms with E-state index in [1.165, 1.54) is 0 Å². The molecule has 1 aromatic carbocycles. The fraction of sp³-hybridized carbons (Fsp3) is 0.455. The first-order valence-electron chi connectivity index (χ1n) is 5.32. The molecule has 0 aromatic heterocycles. The monoisotopic (exact) mass is 353 g/mol. The highest BCUT2D eigenvalue weighted by Gasteiger charge is 2.18. The van der Waals surface area contributed by atoms with E-state index in [1.54, 1.807) is 38.3 Å². The Hall–Kier alpha value is -0.240. The van der Waals surface area contributed by atoms with Crippen LogP contribution in [0.4, 0.5) is 0 Å². The van der Waals surface area contributed by atoms with Crippen LogP contribution in [0.1, 0.15) is 12.5 Å². The Morgan fingerprint density at radius 3 is 2.61 bits per heavy atom. The minimum atomic E-state index is -3.56. The smallest absolute Gasteiger partial charge is 0.240 e. The second kappa shape index (κ2) is 6.27. The van der Waals surface area contributed by atoms with Crippen LogP contribution < -0.4 is 4.72 Å². The summed E-state index contributed by atoms with van der Waals surface area (Å²) in [5.74, 6) is 0. The molecule has 0 bridgehead atoms. The summed E-state index contributed by atoms with van der Waals surface area (Å²) in [4.78, 5) is 0.242. The SMILES string of the molecule is Cc1ccc(Br)cc1S(=O)(=O)NCC(C)S(C)=O. The summed E-state index contributed by atoms with van der Waals surface area (Å²) in [5, 5.41) is -0.216. The van der Waals surface area contributed by atoms with E-state index in [0.717, 1.165) is 0 Å². The number of hydrogen-bond donors (Lipinski definition) is 1. The van der Waals surface area contributed by atoms with Gasteiger partial charge in [-0.15, -0.1) is 0 Å². The molecule has 0 aliphatic carbocycles. The number of hydrogen-bond acceptors (Lipinski definition) is 3. The Kier molecular flexibility index (Phi) is 5.51. The predicted molar refractivity (Wildman–Crippen MR) is 77.6 cm³/mol. The highest BCUT2D eigenvalue weighted by molar-refractivity contribution is 9.10. The number of sulfonamides is 1. The van der Waals surface area contributed by atoms with Gasteiger partial charge in [0.2, 0.25) is 10.0 Å². The van der Waals surface area contributed by atoms with Gasteiger partial charge >= 0.3 is 0 Å². The third kappa shape index (κ3) is 4.15. The fourth-order valence-corrected chi connectivity index (χ4v) is 3.62. The normalized spacial score (nSPS) is 15.3. The molecule has 0 amide bonds. The largest absolute Gasteiger partial charge is 0.260 e. The maximum atomic E-state index is 12.1. The molecule has 0 fully saturated rings. The lowest BCUT2D eigenvalue weighted by atomic mass is 10.2. The molecule has 2 unspecified atom stereocenters. The van der Waals surface area contributed by atoms with Crippen LogP contribution in [0.5, 0.6) is 0 Å². The van der Waals surface area contributed by atoms with E-state index in [1.807, 2.05) is 0 Å². The van der Waals surface area contributed by atoms with E-state index in [0.29, 0.717) is 10.0 Å². The van der Waals surface area contributed by atoms with Crippen molar-refractivity contribution in [2.45, 2.75) is 24.0 Å². The van der Waals surface area contributed by atoms with Crippen LogP contribution in [0.15, 0.2) is 27.6 Å². The highest BCUT2D eigenvalue weighted by Crippen LogP contribution is 2.20. The third-order valence-corrected chi connectivity index (χ3v) is 5.93. The average Bonchev–Trinajstić information content (AvgIpc) is 2.29. The number of benzene rings is 1. The Morgan fingerprint density at radius 1 is 1.44 bits per heavy atom. The van der Waals surface area contributed by atoms with E-state index < -0.39 is 20.8 Å². The van der Waals surface area contributed by atoms with Crippen LogP contribution in [0.2, 0.25) is 0 Å². The molecule has 0 radical (unpaired) electrons. The van der Waals surface area contributed by atoms with Gasteiger partial charge in [0.25, 0.3) is 0 Å². The van der Waals surface area contributed by atoms with E-state index >= 15 is 0 Å². The molecule has 0 spiro atoms. The van der Waals surface area contributed by atoms with Crippen molar-refractivity contribution in [2.24, 2.45) is 0 Å². The quantitative estimate of drug-likeness (QED) is 0.877. The van der Waals surface area contributed by atoms with Gasteiger partial charge in [0.15, 0.2) is 0 Å². The number of nitrogens with one attached hydrogen (secondary N) is 1. The van der Waals surface area contributed by atoms with Gasteiger partial charge in [-0.3, -0.25) is 4.21 Å². The van der Waals surface area contributed by atoms with Gasteiger partial charge in [-0.25, -0.2) is 13.1 Å². The Balaban J connectivity index is 2.93. The molecule has 102 valence electrons. The molecule has 7 heteroatoms. The fourth-order valence-electron chi connectivity index (χ4n) is 1.29. The molecule has 0 aliphatic rings. The van der Waals surface area contributed by atoms with Crippen molar-refractivity contribution < 1.29 is 12.6 Å². The Bertz CT molecular complexity index is 557. The lowest BCUT2D eigenvalue weighted by molar-refractivity contribution is 0.580. The van der Waals surface area contributed by atoms with Gasteiger partial charge in [0.05, 0.1) is 4.90 Å². The summed E-state index contributed by atoms with van der Waals surface area (Å²) in [7, 11) is -4.60. The molecule has 0 saturated heterocycles. The van der Waals surface area contributed by atoms with Crippen LogP contribution >= 0.6 is 15.9 Å². The van der Waals surface area contributed by atoms with Gasteiger partial charge < -0.3 is 0 Å². The molecule has 18 heavy (non-hydrogen) atoms. The van der Waals surface area contributed by atoms with Crippen molar-refractivity contribution in [3.63, 3.8) is 0 Å². The number of halogens is 1. The van der Waals surface area contributed by atoms with E-state index in [-0.39, 0.29) is 16.7 Å². The first-order chi connectivity index (χ1) is 8.24. The molecule has 2 atom stereocenters. The summed E-state index contributed by atoms with van der Waals surface area (Å²) in [6.07, 6.45) is 1.56. The first kappa shape index (κ1) is 15.8. The summed E-state index contributed by atoms with van der Waals surface area (Å²) in [5.41, 5.74) is 0.677. The Labute approximate surface area is 119 Å². The molecule has 0 heterocycles. The predicted octanol–water partition coefficient (Wildman–Crippen LogP) is 1.80. The minimum absolute atomic E-state index is 0.164. The second-order valence-electron chi connectivity index (χ2n) is 4.07. The van der Waals surface area contributed by atoms with Crippen LogP contribution in [-0.2, 0) is 20.8 Å². The minimum Gasteiger partial charge on any atom is -0.260 e. The van der Waals surface area contributed by atoms with E-state index in [9.17, 15) is 12.6 Å². The maximum absolute atomic E-state index is 12.1. The van der Waals surface area contributed by atoms with Crippen LogP contribution in [0.3, 0.4) is 0 Å². The zero-order chi connectivity index (χ0) is 13.9.